The molecule has 1 aromatic carbocycles. The van der Waals surface area contributed by atoms with Gasteiger partial charge in [-0.2, -0.15) is 4.99 Å². The number of alkyl halides is 1. The van der Waals surface area contributed by atoms with Gasteiger partial charge in [0.15, 0.2) is 5.69 Å². The number of quaternary nitrogens is 1. The van der Waals surface area contributed by atoms with Crippen molar-refractivity contribution in [3.63, 3.8) is 0 Å². The van der Waals surface area contributed by atoms with Gasteiger partial charge in [-0.1, -0.05) is 28.1 Å². The Morgan fingerprint density at radius 1 is 1.47 bits per heavy atom. The molecule has 2 unspecified atom stereocenters. The lowest BCUT2D eigenvalue weighted by Gasteiger charge is -2.13. The minimum absolute atomic E-state index is 0. The van der Waals surface area contributed by atoms with Crippen LogP contribution in [0.15, 0.2) is 29.3 Å². The van der Waals surface area contributed by atoms with E-state index in [1.807, 2.05) is 18.2 Å². The lowest BCUT2D eigenvalue weighted by molar-refractivity contribution is -0.728. The minimum atomic E-state index is 0. The molecule has 5 heteroatoms. The summed E-state index contributed by atoms with van der Waals surface area (Å²) in [5.74, 6) is 0.664. The second kappa shape index (κ2) is 5.09. The van der Waals surface area contributed by atoms with Crippen molar-refractivity contribution >= 4 is 33.3 Å². The number of nitrogens with zero attached hydrogens (tertiary/aromatic N) is 1. The zero-order chi connectivity index (χ0) is 10.1. The van der Waals surface area contributed by atoms with Crippen LogP contribution >= 0.6 is 15.9 Å². The smallest absolute Gasteiger partial charge is 0.304 e. The molecule has 0 aromatic heterocycles. The maximum absolute atomic E-state index is 5.87. The van der Waals surface area contributed by atoms with E-state index in [0.717, 1.165) is 17.1 Å². The fraction of sp³-hybridized carbons (Fsp3) is 0.300. The van der Waals surface area contributed by atoms with Gasteiger partial charge in [-0.25, -0.2) is 4.90 Å². The first-order valence-electron chi connectivity index (χ1n) is 4.62. The Morgan fingerprint density at radius 3 is 2.80 bits per heavy atom. The summed E-state index contributed by atoms with van der Waals surface area (Å²) in [5.41, 5.74) is 8.04. The van der Waals surface area contributed by atoms with Crippen molar-refractivity contribution in [1.82, 2.24) is 0 Å². The van der Waals surface area contributed by atoms with Crippen molar-refractivity contribution in [3.05, 3.63) is 24.3 Å². The van der Waals surface area contributed by atoms with E-state index in [9.17, 15) is 0 Å². The maximum atomic E-state index is 5.87. The number of nitrogens with one attached hydrogen (secondary N) is 1. The average molecular weight is 335 g/mol. The molecule has 0 fully saturated rings. The molecular formula is C10H13Br2N3. The lowest BCUT2D eigenvalue weighted by Crippen LogP contribution is -3.11. The Labute approximate surface area is 108 Å². The lowest BCUT2D eigenvalue weighted by atomic mass is 10.2. The molecule has 0 bridgehead atoms. The molecule has 3 nitrogen and oxygen atoms in total. The van der Waals surface area contributed by atoms with Crippen molar-refractivity contribution in [3.8, 4) is 0 Å². The van der Waals surface area contributed by atoms with E-state index in [1.54, 1.807) is 0 Å². The van der Waals surface area contributed by atoms with Gasteiger partial charge >= 0.3 is 5.96 Å². The van der Waals surface area contributed by atoms with Crippen LogP contribution < -0.4 is 27.6 Å². The van der Waals surface area contributed by atoms with Gasteiger partial charge in [-0.3, -0.25) is 0 Å². The van der Waals surface area contributed by atoms with Crippen LogP contribution in [-0.4, -0.2) is 17.3 Å². The average Bonchev–Trinajstić information content (AvgIpc) is 2.43. The number of halogens is 2. The van der Waals surface area contributed by atoms with E-state index in [-0.39, 0.29) is 17.0 Å². The molecule has 2 rings (SSSR count). The van der Waals surface area contributed by atoms with Crippen LogP contribution in [0.3, 0.4) is 0 Å². The van der Waals surface area contributed by atoms with Gasteiger partial charge in [0.2, 0.25) is 0 Å². The van der Waals surface area contributed by atoms with E-state index >= 15 is 0 Å². The summed E-state index contributed by atoms with van der Waals surface area (Å²) in [6.45, 7) is 3.04. The van der Waals surface area contributed by atoms with Crippen molar-refractivity contribution in [2.75, 3.05) is 6.54 Å². The number of nitrogens with two attached hydrogens (primary N) is 1. The largest absolute Gasteiger partial charge is 1.00 e. The first-order chi connectivity index (χ1) is 6.68. The van der Waals surface area contributed by atoms with Crippen molar-refractivity contribution in [2.45, 2.75) is 11.8 Å². The standard InChI is InChI=1S/C10H12BrN3.BrH/c1-7(11)6-14-9-5-3-2-4-8(9)13-10(14)12;/h2-5,7H,6H2,1H3,(H2,12,13);1H. The van der Waals surface area contributed by atoms with Crippen LogP contribution in [0, 0.1) is 0 Å². The van der Waals surface area contributed by atoms with E-state index in [2.05, 4.69) is 33.9 Å². The van der Waals surface area contributed by atoms with Gasteiger partial charge < -0.3 is 22.7 Å². The Hall–Kier alpha value is -0.390. The fourth-order valence-corrected chi connectivity index (χ4v) is 1.98. The molecule has 1 aliphatic heterocycles. The van der Waals surface area contributed by atoms with E-state index in [0.29, 0.717) is 10.8 Å². The van der Waals surface area contributed by atoms with E-state index in [1.165, 1.54) is 5.69 Å². The predicted octanol–water partition coefficient (Wildman–Crippen LogP) is -2.05. The molecule has 3 N–H and O–H groups in total. The van der Waals surface area contributed by atoms with Gasteiger partial charge in [-0.15, -0.1) is 0 Å². The molecular weight excluding hydrogens is 322 g/mol. The van der Waals surface area contributed by atoms with Gasteiger partial charge in [0.25, 0.3) is 0 Å². The zero-order valence-electron chi connectivity index (χ0n) is 8.37. The third-order valence-corrected chi connectivity index (χ3v) is 2.59. The summed E-state index contributed by atoms with van der Waals surface area (Å²) in [6.07, 6.45) is 0. The molecule has 0 amide bonds. The third kappa shape index (κ3) is 2.59. The van der Waals surface area contributed by atoms with E-state index < -0.39 is 0 Å². The van der Waals surface area contributed by atoms with Gasteiger partial charge in [0.1, 0.15) is 12.2 Å². The molecule has 1 heterocycles. The molecule has 1 aromatic rings. The molecule has 15 heavy (non-hydrogen) atoms. The van der Waals surface area contributed by atoms with Crippen LogP contribution in [0.5, 0.6) is 0 Å². The Balaban J connectivity index is 0.00000112. The number of rotatable bonds is 2. The molecule has 0 aliphatic carbocycles. The highest BCUT2D eigenvalue weighted by molar-refractivity contribution is 9.09. The SMILES string of the molecule is CC(Br)C[NH+]1C(N)=Nc2ccccc21.[Br-]. The van der Waals surface area contributed by atoms with Gasteiger partial charge in [0, 0.05) is 6.07 Å². The first kappa shape index (κ1) is 12.7. The van der Waals surface area contributed by atoms with Crippen LogP contribution in [0.1, 0.15) is 6.92 Å². The molecule has 0 saturated heterocycles. The highest BCUT2D eigenvalue weighted by atomic mass is 79.9. The second-order valence-electron chi connectivity index (χ2n) is 3.48. The van der Waals surface area contributed by atoms with Crippen molar-refractivity contribution < 1.29 is 21.9 Å². The summed E-state index contributed by atoms with van der Waals surface area (Å²) in [4.78, 5) is 5.91. The summed E-state index contributed by atoms with van der Waals surface area (Å²) in [6, 6.07) is 8.07. The van der Waals surface area contributed by atoms with Crippen LogP contribution in [-0.2, 0) is 0 Å². The number of aliphatic imine (C=N–C) groups is 1. The highest BCUT2D eigenvalue weighted by Gasteiger charge is 2.28. The number of hydrogen-bond donors (Lipinski definition) is 2. The summed E-state index contributed by atoms with van der Waals surface area (Å²) >= 11 is 3.53. The topological polar surface area (TPSA) is 42.8 Å². The molecule has 82 valence electrons. The molecule has 1 aliphatic rings. The van der Waals surface area contributed by atoms with Crippen LogP contribution in [0.25, 0.3) is 0 Å². The van der Waals surface area contributed by atoms with Crippen LogP contribution in [0.4, 0.5) is 11.4 Å². The van der Waals surface area contributed by atoms with Gasteiger partial charge in [0.05, 0.1) is 4.83 Å². The third-order valence-electron chi connectivity index (χ3n) is 2.26. The monoisotopic (exact) mass is 333 g/mol. The summed E-state index contributed by atoms with van der Waals surface area (Å²) < 4.78 is 0. The Kier molecular flexibility index (Phi) is 4.31. The van der Waals surface area contributed by atoms with Gasteiger partial charge in [-0.05, 0) is 13.0 Å². The van der Waals surface area contributed by atoms with Crippen molar-refractivity contribution in [1.29, 1.82) is 0 Å². The highest BCUT2D eigenvalue weighted by Crippen LogP contribution is 2.23. The molecule has 0 spiro atoms. The fourth-order valence-electron chi connectivity index (χ4n) is 1.66. The number of para-hydroxylation sites is 2. The summed E-state index contributed by atoms with van der Waals surface area (Å²) in [7, 11) is 0. The van der Waals surface area contributed by atoms with Crippen LogP contribution in [0.2, 0.25) is 0 Å². The second-order valence-corrected chi connectivity index (χ2v) is 5.04. The maximum Gasteiger partial charge on any atom is 0.304 e. The number of guanidine groups is 1. The summed E-state index contributed by atoms with van der Waals surface area (Å²) in [5, 5.41) is 0. The first-order valence-corrected chi connectivity index (χ1v) is 5.54. The predicted molar refractivity (Wildman–Crippen MR) is 61.6 cm³/mol. The molecule has 2 atom stereocenters. The normalized spacial score (nSPS) is 20.1. The van der Waals surface area contributed by atoms with E-state index in [4.69, 9.17) is 5.73 Å². The number of fused-ring (bicyclic) bond motifs is 1. The number of benzene rings is 1. The zero-order valence-corrected chi connectivity index (χ0v) is 11.5. The Morgan fingerprint density at radius 2 is 2.13 bits per heavy atom. The minimum Gasteiger partial charge on any atom is -1.00 e. The number of hydrogen-bond acceptors (Lipinski definition) is 2. The molecule has 0 radical (unpaired) electrons. The van der Waals surface area contributed by atoms with Crippen molar-refractivity contribution in [2.24, 2.45) is 10.7 Å². The Bertz CT molecular complexity index is 377. The molecule has 0 saturated carbocycles. The quantitative estimate of drug-likeness (QED) is 0.601.